The van der Waals surface area contributed by atoms with Crippen molar-refractivity contribution in [3.63, 3.8) is 0 Å². The molecule has 1 atom stereocenters. The first-order valence-electron chi connectivity index (χ1n) is 6.63. The summed E-state index contributed by atoms with van der Waals surface area (Å²) in [5.74, 6) is 0. The molecule has 1 aliphatic rings. The molecule has 1 aliphatic carbocycles. The molecule has 0 aromatic carbocycles. The summed E-state index contributed by atoms with van der Waals surface area (Å²) in [5, 5.41) is 10.2. The SMILES string of the molecule is CCCCCCC(O)C1(CN)CCCC1. The molecular formula is C13H27NO. The van der Waals surface area contributed by atoms with Crippen molar-refractivity contribution in [3.05, 3.63) is 0 Å². The lowest BCUT2D eigenvalue weighted by atomic mass is 9.78. The second-order valence-electron chi connectivity index (χ2n) is 5.14. The van der Waals surface area contributed by atoms with Crippen LogP contribution in [0.1, 0.15) is 64.7 Å². The third-order valence-electron chi connectivity index (χ3n) is 4.04. The lowest BCUT2D eigenvalue weighted by molar-refractivity contribution is 0.0261. The van der Waals surface area contributed by atoms with Crippen LogP contribution >= 0.6 is 0 Å². The maximum Gasteiger partial charge on any atom is 0.0608 e. The van der Waals surface area contributed by atoms with Crippen LogP contribution in [0.2, 0.25) is 0 Å². The zero-order valence-corrected chi connectivity index (χ0v) is 10.2. The van der Waals surface area contributed by atoms with Gasteiger partial charge in [-0.15, -0.1) is 0 Å². The van der Waals surface area contributed by atoms with Crippen LogP contribution in [0.5, 0.6) is 0 Å². The van der Waals surface area contributed by atoms with E-state index in [2.05, 4.69) is 6.92 Å². The minimum Gasteiger partial charge on any atom is -0.393 e. The van der Waals surface area contributed by atoms with Crippen LogP contribution in [0.4, 0.5) is 0 Å². The molecule has 1 saturated carbocycles. The molecule has 1 fully saturated rings. The van der Waals surface area contributed by atoms with Crippen molar-refractivity contribution in [2.75, 3.05) is 6.54 Å². The Morgan fingerprint density at radius 1 is 1.20 bits per heavy atom. The molecule has 0 amide bonds. The predicted molar refractivity (Wildman–Crippen MR) is 64.7 cm³/mol. The summed E-state index contributed by atoms with van der Waals surface area (Å²) in [6.45, 7) is 2.89. The van der Waals surface area contributed by atoms with Gasteiger partial charge >= 0.3 is 0 Å². The van der Waals surface area contributed by atoms with E-state index < -0.39 is 0 Å². The van der Waals surface area contributed by atoms with Gasteiger partial charge in [-0.25, -0.2) is 0 Å². The molecule has 0 bridgehead atoms. The van der Waals surface area contributed by atoms with E-state index in [1.165, 1.54) is 32.1 Å². The molecule has 15 heavy (non-hydrogen) atoms. The van der Waals surface area contributed by atoms with Gasteiger partial charge in [-0.2, -0.15) is 0 Å². The molecular weight excluding hydrogens is 186 g/mol. The predicted octanol–water partition coefficient (Wildman–Crippen LogP) is 2.84. The van der Waals surface area contributed by atoms with Crippen molar-refractivity contribution >= 4 is 0 Å². The van der Waals surface area contributed by atoms with Crippen molar-refractivity contribution in [2.24, 2.45) is 11.1 Å². The van der Waals surface area contributed by atoms with Crippen molar-refractivity contribution in [3.8, 4) is 0 Å². The van der Waals surface area contributed by atoms with Crippen LogP contribution in [-0.4, -0.2) is 17.8 Å². The number of unbranched alkanes of at least 4 members (excludes halogenated alkanes) is 3. The molecule has 2 nitrogen and oxygen atoms in total. The summed E-state index contributed by atoms with van der Waals surface area (Å²) in [5.41, 5.74) is 5.92. The minimum absolute atomic E-state index is 0.0756. The lowest BCUT2D eigenvalue weighted by Gasteiger charge is -2.33. The molecule has 0 aromatic heterocycles. The molecule has 0 spiro atoms. The van der Waals surface area contributed by atoms with Gasteiger partial charge in [-0.05, 0) is 19.3 Å². The summed E-state index contributed by atoms with van der Waals surface area (Å²) in [6.07, 6.45) is 10.6. The number of hydrogen-bond donors (Lipinski definition) is 2. The van der Waals surface area contributed by atoms with Gasteiger partial charge in [-0.1, -0.05) is 45.4 Å². The quantitative estimate of drug-likeness (QED) is 0.639. The van der Waals surface area contributed by atoms with Gasteiger partial charge < -0.3 is 10.8 Å². The van der Waals surface area contributed by atoms with Crippen LogP contribution in [0, 0.1) is 5.41 Å². The normalized spacial score (nSPS) is 21.8. The first-order valence-corrected chi connectivity index (χ1v) is 6.63. The fourth-order valence-corrected chi connectivity index (χ4v) is 2.82. The molecule has 0 aromatic rings. The van der Waals surface area contributed by atoms with Crippen molar-refractivity contribution in [1.29, 1.82) is 0 Å². The molecule has 1 rings (SSSR count). The Morgan fingerprint density at radius 3 is 2.40 bits per heavy atom. The lowest BCUT2D eigenvalue weighted by Crippen LogP contribution is -2.39. The Balaban J connectivity index is 2.27. The van der Waals surface area contributed by atoms with Crippen LogP contribution in [0.15, 0.2) is 0 Å². The van der Waals surface area contributed by atoms with Crippen LogP contribution < -0.4 is 5.73 Å². The highest BCUT2D eigenvalue weighted by atomic mass is 16.3. The minimum atomic E-state index is -0.151. The molecule has 0 aliphatic heterocycles. The second kappa shape index (κ2) is 6.49. The Morgan fingerprint density at radius 2 is 1.87 bits per heavy atom. The van der Waals surface area contributed by atoms with Gasteiger partial charge in [-0.3, -0.25) is 0 Å². The molecule has 0 heterocycles. The average Bonchev–Trinajstić information content (AvgIpc) is 2.74. The number of aliphatic hydroxyl groups is 1. The fourth-order valence-electron chi connectivity index (χ4n) is 2.82. The van der Waals surface area contributed by atoms with E-state index in [1.807, 2.05) is 0 Å². The molecule has 2 heteroatoms. The number of aliphatic hydroxyl groups excluding tert-OH is 1. The van der Waals surface area contributed by atoms with Crippen LogP contribution in [-0.2, 0) is 0 Å². The Kier molecular flexibility index (Phi) is 5.62. The third-order valence-corrected chi connectivity index (χ3v) is 4.04. The smallest absolute Gasteiger partial charge is 0.0608 e. The van der Waals surface area contributed by atoms with E-state index in [-0.39, 0.29) is 11.5 Å². The van der Waals surface area contributed by atoms with E-state index in [0.29, 0.717) is 6.54 Å². The molecule has 0 saturated heterocycles. The highest BCUT2D eigenvalue weighted by molar-refractivity contribution is 4.91. The van der Waals surface area contributed by atoms with Crippen LogP contribution in [0.25, 0.3) is 0 Å². The summed E-state index contributed by atoms with van der Waals surface area (Å²) < 4.78 is 0. The zero-order chi connectivity index (χ0) is 11.1. The van der Waals surface area contributed by atoms with Gasteiger partial charge in [0.2, 0.25) is 0 Å². The van der Waals surface area contributed by atoms with E-state index in [9.17, 15) is 5.11 Å². The fraction of sp³-hybridized carbons (Fsp3) is 1.00. The van der Waals surface area contributed by atoms with Crippen molar-refractivity contribution in [2.45, 2.75) is 70.8 Å². The van der Waals surface area contributed by atoms with Gasteiger partial charge in [0.15, 0.2) is 0 Å². The van der Waals surface area contributed by atoms with Crippen molar-refractivity contribution < 1.29 is 5.11 Å². The van der Waals surface area contributed by atoms with Gasteiger partial charge in [0, 0.05) is 12.0 Å². The monoisotopic (exact) mass is 213 g/mol. The highest BCUT2D eigenvalue weighted by Gasteiger charge is 2.38. The van der Waals surface area contributed by atoms with E-state index >= 15 is 0 Å². The topological polar surface area (TPSA) is 46.2 Å². The summed E-state index contributed by atoms with van der Waals surface area (Å²) in [6, 6.07) is 0. The Bertz CT molecular complexity index is 164. The second-order valence-corrected chi connectivity index (χ2v) is 5.14. The van der Waals surface area contributed by atoms with E-state index in [4.69, 9.17) is 5.73 Å². The number of hydrogen-bond acceptors (Lipinski definition) is 2. The molecule has 90 valence electrons. The molecule has 0 radical (unpaired) electrons. The highest BCUT2D eigenvalue weighted by Crippen LogP contribution is 2.41. The number of rotatable bonds is 7. The molecule has 1 unspecified atom stereocenters. The summed E-state index contributed by atoms with van der Waals surface area (Å²) in [4.78, 5) is 0. The van der Waals surface area contributed by atoms with Gasteiger partial charge in [0.1, 0.15) is 0 Å². The largest absolute Gasteiger partial charge is 0.393 e. The summed E-state index contributed by atoms with van der Waals surface area (Å²) >= 11 is 0. The Hall–Kier alpha value is -0.0800. The maximum absolute atomic E-state index is 10.2. The standard InChI is InChI=1S/C13H27NO/c1-2-3-4-5-8-12(15)13(11-14)9-6-7-10-13/h12,15H,2-11,14H2,1H3. The van der Waals surface area contributed by atoms with E-state index in [1.54, 1.807) is 0 Å². The van der Waals surface area contributed by atoms with Gasteiger partial charge in [0.05, 0.1) is 6.10 Å². The third kappa shape index (κ3) is 3.46. The first kappa shape index (κ1) is 13.0. The van der Waals surface area contributed by atoms with Gasteiger partial charge in [0.25, 0.3) is 0 Å². The van der Waals surface area contributed by atoms with Crippen LogP contribution in [0.3, 0.4) is 0 Å². The first-order chi connectivity index (χ1) is 7.25. The number of nitrogens with two attached hydrogens (primary N) is 1. The average molecular weight is 213 g/mol. The molecule has 3 N–H and O–H groups in total. The van der Waals surface area contributed by atoms with E-state index in [0.717, 1.165) is 25.7 Å². The Labute approximate surface area is 94.2 Å². The zero-order valence-electron chi connectivity index (χ0n) is 10.2. The summed E-state index contributed by atoms with van der Waals surface area (Å²) in [7, 11) is 0. The van der Waals surface area contributed by atoms with Crippen molar-refractivity contribution in [1.82, 2.24) is 0 Å². The maximum atomic E-state index is 10.2.